The topological polar surface area (TPSA) is 93.0 Å². The maximum atomic E-state index is 9.80. The number of nitrogens with zero attached hydrogens (tertiary/aromatic N) is 2. The molecule has 198 valence electrons. The number of nitrogens with one attached hydrogen (secondary N) is 2. The lowest BCUT2D eigenvalue weighted by molar-refractivity contribution is 0.473. The van der Waals surface area contributed by atoms with Crippen molar-refractivity contribution in [3.63, 3.8) is 0 Å². The van der Waals surface area contributed by atoms with Crippen LogP contribution in [-0.4, -0.2) is 27.1 Å². The highest BCUT2D eigenvalue weighted by Gasteiger charge is 2.18. The second-order valence-corrected chi connectivity index (χ2v) is 9.15. The van der Waals surface area contributed by atoms with Crippen molar-refractivity contribution in [2.45, 2.75) is 13.3 Å². The van der Waals surface area contributed by atoms with Crippen LogP contribution in [0.4, 0.5) is 0 Å². The first-order chi connectivity index (χ1) is 19.6. The molecular formula is C34H30N4O2. The summed E-state index contributed by atoms with van der Waals surface area (Å²) in [6, 6.07) is 11.2. The van der Waals surface area contributed by atoms with E-state index in [1.807, 2.05) is 73.7 Å². The van der Waals surface area contributed by atoms with Gasteiger partial charge in [-0.2, -0.15) is 0 Å². The second-order valence-electron chi connectivity index (χ2n) is 9.15. The zero-order valence-corrected chi connectivity index (χ0v) is 22.2. The Morgan fingerprint density at radius 1 is 1.05 bits per heavy atom. The van der Waals surface area contributed by atoms with Crippen LogP contribution in [0.2, 0.25) is 0 Å². The van der Waals surface area contributed by atoms with Crippen LogP contribution in [-0.2, 0) is 0 Å². The van der Waals surface area contributed by atoms with E-state index >= 15 is 0 Å². The third kappa shape index (κ3) is 5.71. The van der Waals surface area contributed by atoms with Crippen molar-refractivity contribution in [3.8, 4) is 5.75 Å². The van der Waals surface area contributed by atoms with Gasteiger partial charge in [0, 0.05) is 39.5 Å². The highest BCUT2D eigenvalue weighted by Crippen LogP contribution is 2.32. The number of benzene rings is 1. The number of aromatic nitrogens is 1. The van der Waals surface area contributed by atoms with Gasteiger partial charge >= 0.3 is 0 Å². The number of H-pyrrole nitrogens is 1. The fourth-order valence-electron chi connectivity index (χ4n) is 4.69. The molecule has 0 unspecified atom stereocenters. The highest BCUT2D eigenvalue weighted by molar-refractivity contribution is 6.30. The van der Waals surface area contributed by atoms with Crippen LogP contribution < -0.4 is 16.0 Å². The molecule has 4 heterocycles. The van der Waals surface area contributed by atoms with Gasteiger partial charge in [0.1, 0.15) is 5.75 Å². The zero-order valence-electron chi connectivity index (χ0n) is 22.2. The van der Waals surface area contributed by atoms with E-state index < -0.39 is 0 Å². The SMILES string of the molecule is C=C/C=C(\C=C/O)/C(C1=N/C(=C\C2=CCC=C(/C(=C3/C=CC=N3)c3ccc(O)cc3)N2)C=C1)=c1\cc/c(=C/C)[nH]1. The Labute approximate surface area is 233 Å². The summed E-state index contributed by atoms with van der Waals surface area (Å²) in [7, 11) is 0. The van der Waals surface area contributed by atoms with Crippen molar-refractivity contribution in [1.29, 1.82) is 0 Å². The summed E-state index contributed by atoms with van der Waals surface area (Å²) in [4.78, 5) is 12.9. The molecular weight excluding hydrogens is 496 g/mol. The van der Waals surface area contributed by atoms with E-state index in [1.54, 1.807) is 30.5 Å². The summed E-state index contributed by atoms with van der Waals surface area (Å²) in [6.07, 6.45) is 24.8. The van der Waals surface area contributed by atoms with E-state index in [0.717, 1.165) is 74.2 Å². The van der Waals surface area contributed by atoms with Gasteiger partial charge < -0.3 is 20.5 Å². The fraction of sp³-hybridized carbons (Fsp3) is 0.0588. The number of dihydropyridines is 1. The summed E-state index contributed by atoms with van der Waals surface area (Å²) in [5, 5.41) is 24.8. The summed E-state index contributed by atoms with van der Waals surface area (Å²) in [6.45, 7) is 5.81. The van der Waals surface area contributed by atoms with Gasteiger partial charge in [-0.05, 0) is 85.2 Å². The Morgan fingerprint density at radius 3 is 2.60 bits per heavy atom. The Bertz CT molecular complexity index is 1750. The molecule has 6 nitrogen and oxygen atoms in total. The second kappa shape index (κ2) is 12.0. The van der Waals surface area contributed by atoms with Crippen LogP contribution >= 0.6 is 0 Å². The van der Waals surface area contributed by atoms with Crippen molar-refractivity contribution >= 4 is 29.1 Å². The first-order valence-electron chi connectivity index (χ1n) is 13.0. The number of hydrogen-bond donors (Lipinski definition) is 4. The molecule has 0 amide bonds. The van der Waals surface area contributed by atoms with Crippen LogP contribution in [0.15, 0.2) is 148 Å². The average Bonchev–Trinajstić information content (AvgIpc) is 3.74. The Kier molecular flexibility index (Phi) is 7.88. The lowest BCUT2D eigenvalue weighted by Gasteiger charge is -2.20. The van der Waals surface area contributed by atoms with Gasteiger partial charge in [0.2, 0.25) is 0 Å². The molecule has 5 rings (SSSR count). The maximum Gasteiger partial charge on any atom is 0.115 e. The van der Waals surface area contributed by atoms with E-state index in [9.17, 15) is 10.2 Å². The molecule has 3 aliphatic heterocycles. The van der Waals surface area contributed by atoms with Crippen molar-refractivity contribution in [2.24, 2.45) is 9.98 Å². The number of aromatic hydroxyl groups is 1. The van der Waals surface area contributed by atoms with Gasteiger partial charge in [-0.3, -0.25) is 4.99 Å². The predicted octanol–water partition coefficient (Wildman–Crippen LogP) is 5.56. The third-order valence-electron chi connectivity index (χ3n) is 6.52. The number of aliphatic hydroxyl groups excluding tert-OH is 1. The molecule has 0 fully saturated rings. The van der Waals surface area contributed by atoms with Crippen molar-refractivity contribution < 1.29 is 10.2 Å². The van der Waals surface area contributed by atoms with Crippen molar-refractivity contribution in [3.05, 3.63) is 155 Å². The molecule has 2 aromatic rings. The summed E-state index contributed by atoms with van der Waals surface area (Å²) in [5.74, 6) is 0.219. The summed E-state index contributed by atoms with van der Waals surface area (Å²) in [5.41, 5.74) is 7.83. The fourth-order valence-corrected chi connectivity index (χ4v) is 4.69. The molecule has 0 saturated carbocycles. The number of rotatable bonds is 7. The zero-order chi connectivity index (χ0) is 27.9. The molecule has 0 bridgehead atoms. The Balaban J connectivity index is 1.48. The molecule has 40 heavy (non-hydrogen) atoms. The number of aliphatic imine (C=N–C) groups is 2. The number of hydrogen-bond acceptors (Lipinski definition) is 5. The molecule has 3 aliphatic rings. The third-order valence-corrected chi connectivity index (χ3v) is 6.52. The molecule has 0 spiro atoms. The number of aliphatic hydroxyl groups is 1. The number of phenolic OH excluding ortho intramolecular Hbond substituents is 1. The van der Waals surface area contributed by atoms with Crippen LogP contribution in [0.5, 0.6) is 5.75 Å². The standard InChI is InChI=1S/C34H30N4O2/c1-3-7-23(19-21-39)34(31-17-13-25(4-2)36-31)32-18-14-27(38-32)22-26-8-5-9-30(37-26)33(29-10-6-20-35-29)24-11-15-28(40)16-12-24/h3-4,6-22,36-37,39-40H,1,5H2,2H3/b21-19-,23-7+,25-4-,27-22-,33-29-,34-31-. The van der Waals surface area contributed by atoms with E-state index in [-0.39, 0.29) is 5.75 Å². The van der Waals surface area contributed by atoms with E-state index in [0.29, 0.717) is 0 Å². The van der Waals surface area contributed by atoms with Crippen LogP contribution in [0.3, 0.4) is 0 Å². The van der Waals surface area contributed by atoms with Gasteiger partial charge in [0.25, 0.3) is 0 Å². The predicted molar refractivity (Wildman–Crippen MR) is 165 cm³/mol. The Morgan fingerprint density at radius 2 is 1.90 bits per heavy atom. The smallest absolute Gasteiger partial charge is 0.115 e. The highest BCUT2D eigenvalue weighted by atomic mass is 16.3. The lowest BCUT2D eigenvalue weighted by Crippen LogP contribution is -2.17. The van der Waals surface area contributed by atoms with Gasteiger partial charge in [-0.25, -0.2) is 4.99 Å². The molecule has 0 radical (unpaired) electrons. The normalized spacial score (nSPS) is 20.1. The number of phenols is 1. The summed E-state index contributed by atoms with van der Waals surface area (Å²) >= 11 is 0. The maximum absolute atomic E-state index is 9.80. The molecule has 1 aromatic carbocycles. The van der Waals surface area contributed by atoms with Crippen LogP contribution in [0.25, 0.3) is 17.2 Å². The molecule has 4 N–H and O–H groups in total. The molecule has 0 atom stereocenters. The minimum atomic E-state index is 0.219. The van der Waals surface area contributed by atoms with Gasteiger partial charge in [-0.15, -0.1) is 0 Å². The minimum absolute atomic E-state index is 0.219. The van der Waals surface area contributed by atoms with E-state index in [2.05, 4.69) is 34.0 Å². The largest absolute Gasteiger partial charge is 0.516 e. The summed E-state index contributed by atoms with van der Waals surface area (Å²) < 4.78 is 0. The van der Waals surface area contributed by atoms with Crippen LogP contribution in [0.1, 0.15) is 18.9 Å². The monoisotopic (exact) mass is 526 g/mol. The van der Waals surface area contributed by atoms with E-state index in [1.165, 1.54) is 0 Å². The first-order valence-corrected chi connectivity index (χ1v) is 13.0. The Hall–Kier alpha value is -5.36. The molecule has 6 heteroatoms. The molecule has 1 aromatic heterocycles. The number of allylic oxidation sites excluding steroid dienone is 12. The molecule has 0 saturated heterocycles. The minimum Gasteiger partial charge on any atom is -0.516 e. The molecule has 0 aliphatic carbocycles. The van der Waals surface area contributed by atoms with E-state index in [4.69, 9.17) is 4.99 Å². The van der Waals surface area contributed by atoms with Gasteiger partial charge in [0.15, 0.2) is 0 Å². The number of aromatic amines is 1. The first kappa shape index (κ1) is 26.3. The van der Waals surface area contributed by atoms with Crippen LogP contribution in [0, 0.1) is 0 Å². The van der Waals surface area contributed by atoms with Crippen molar-refractivity contribution in [1.82, 2.24) is 10.3 Å². The van der Waals surface area contributed by atoms with Crippen molar-refractivity contribution in [2.75, 3.05) is 0 Å². The lowest BCUT2D eigenvalue weighted by atomic mass is 9.97. The average molecular weight is 527 g/mol. The quantitative estimate of drug-likeness (QED) is 0.281. The van der Waals surface area contributed by atoms with Gasteiger partial charge in [0.05, 0.1) is 23.4 Å². The van der Waals surface area contributed by atoms with Gasteiger partial charge in [-0.1, -0.05) is 49.1 Å².